The average molecular weight is 322 g/mol. The fraction of sp³-hybridized carbons (Fsp3) is 0.714. The van der Waals surface area contributed by atoms with Gasteiger partial charge >= 0.3 is 41.6 Å². The van der Waals surface area contributed by atoms with Gasteiger partial charge in [0.05, 0.1) is 0 Å². The first-order valence-electron chi connectivity index (χ1n) is 4.21. The first-order valence-corrected chi connectivity index (χ1v) is 4.21. The zero-order valence-corrected chi connectivity index (χ0v) is 8.50. The highest BCUT2D eigenvalue weighted by atomic mass is 19.4. The molecule has 1 fully saturated rings. The van der Waals surface area contributed by atoms with Crippen molar-refractivity contribution in [1.29, 1.82) is 0 Å². The second-order valence-corrected chi connectivity index (χ2v) is 3.57. The molecule has 1 rings (SSSR count). The first-order chi connectivity index (χ1) is 8.55. The molecule has 1 saturated heterocycles. The molecule has 0 bridgehead atoms. The molecule has 0 saturated carbocycles. The minimum absolute atomic E-state index is 2.56. The number of halogens is 10. The number of alkyl halides is 10. The molecule has 3 nitrogen and oxygen atoms in total. The van der Waals surface area contributed by atoms with Gasteiger partial charge in [0, 0.05) is 0 Å². The van der Waals surface area contributed by atoms with Crippen LogP contribution in [0.2, 0.25) is 0 Å². The molecular formula is C7F10O3. The van der Waals surface area contributed by atoms with Crippen molar-refractivity contribution in [3.05, 3.63) is 0 Å². The van der Waals surface area contributed by atoms with Gasteiger partial charge in [0.1, 0.15) is 0 Å². The van der Waals surface area contributed by atoms with E-state index in [4.69, 9.17) is 0 Å². The highest BCUT2D eigenvalue weighted by molar-refractivity contribution is 5.98. The van der Waals surface area contributed by atoms with Gasteiger partial charge in [0.25, 0.3) is 0 Å². The lowest BCUT2D eigenvalue weighted by Gasteiger charge is -2.44. The van der Waals surface area contributed by atoms with Crippen LogP contribution >= 0.6 is 0 Å². The Kier molecular flexibility index (Phi) is 3.10. The van der Waals surface area contributed by atoms with E-state index >= 15 is 0 Å². The summed E-state index contributed by atoms with van der Waals surface area (Å²) in [5, 5.41) is 0. The van der Waals surface area contributed by atoms with Crippen LogP contribution in [-0.2, 0) is 14.3 Å². The topological polar surface area (TPSA) is 43.4 Å². The Hall–Kier alpha value is -1.56. The fourth-order valence-electron chi connectivity index (χ4n) is 1.46. The molecule has 0 amide bonds. The molecule has 13 heteroatoms. The average Bonchev–Trinajstić information content (AvgIpc) is 2.09. The Morgan fingerprint density at radius 2 is 1.10 bits per heavy atom. The van der Waals surface area contributed by atoms with Gasteiger partial charge in [-0.2, -0.15) is 43.9 Å². The SMILES string of the molecule is O=C1OC(=O)C(C(F)(F)F)(C(F)(F)F)C(F)(F)C1(F)F. The van der Waals surface area contributed by atoms with E-state index in [0.29, 0.717) is 0 Å². The highest BCUT2D eigenvalue weighted by Crippen LogP contribution is 2.65. The standard InChI is InChI=1S/C7F10O3/c8-4(9)2(19)20-1(18)3(5(4,10)11,6(12,13)14)7(15,16)17. The summed E-state index contributed by atoms with van der Waals surface area (Å²) in [6.07, 6.45) is -14.4. The Morgan fingerprint density at radius 1 is 0.750 bits per heavy atom. The third-order valence-corrected chi connectivity index (χ3v) is 2.46. The van der Waals surface area contributed by atoms with E-state index in [2.05, 4.69) is 4.74 Å². The van der Waals surface area contributed by atoms with E-state index in [9.17, 15) is 53.5 Å². The number of esters is 2. The van der Waals surface area contributed by atoms with Crippen molar-refractivity contribution in [2.45, 2.75) is 24.2 Å². The summed E-state index contributed by atoms with van der Waals surface area (Å²) in [5.74, 6) is -21.0. The number of hydrogen-bond acceptors (Lipinski definition) is 3. The fourth-order valence-corrected chi connectivity index (χ4v) is 1.46. The molecule has 0 spiro atoms. The van der Waals surface area contributed by atoms with Crippen LogP contribution in [-0.4, -0.2) is 36.1 Å². The summed E-state index contributed by atoms with van der Waals surface area (Å²) < 4.78 is 128. The Labute approximate surface area is 101 Å². The summed E-state index contributed by atoms with van der Waals surface area (Å²) >= 11 is 0. The Bertz CT molecular complexity index is 444. The number of rotatable bonds is 0. The molecule has 1 heterocycles. The molecule has 116 valence electrons. The second-order valence-electron chi connectivity index (χ2n) is 3.57. The lowest BCUT2D eigenvalue weighted by molar-refractivity contribution is -0.419. The molecule has 20 heavy (non-hydrogen) atoms. The molecule has 0 aromatic rings. The third kappa shape index (κ3) is 1.54. The quantitative estimate of drug-likeness (QED) is 0.391. The van der Waals surface area contributed by atoms with Crippen LogP contribution in [0.3, 0.4) is 0 Å². The van der Waals surface area contributed by atoms with Crippen molar-refractivity contribution < 1.29 is 58.2 Å². The number of cyclic esters (lactones) is 2. The summed E-state index contributed by atoms with van der Waals surface area (Å²) in [7, 11) is 0. The zero-order valence-electron chi connectivity index (χ0n) is 8.50. The minimum Gasteiger partial charge on any atom is -0.387 e. The minimum atomic E-state index is -7.18. The number of carbonyl (C=O) groups is 2. The number of hydrogen-bond donors (Lipinski definition) is 0. The Balaban J connectivity index is 3.83. The lowest BCUT2D eigenvalue weighted by Crippen LogP contribution is -2.76. The molecule has 0 aromatic heterocycles. The summed E-state index contributed by atoms with van der Waals surface area (Å²) in [6.45, 7) is 0. The maximum Gasteiger partial charge on any atom is 0.420 e. The van der Waals surface area contributed by atoms with Crippen LogP contribution < -0.4 is 0 Å². The van der Waals surface area contributed by atoms with Crippen molar-refractivity contribution in [1.82, 2.24) is 0 Å². The second kappa shape index (κ2) is 3.75. The molecule has 0 unspecified atom stereocenters. The van der Waals surface area contributed by atoms with Gasteiger partial charge in [-0.1, -0.05) is 0 Å². The molecule has 1 aliphatic rings. The predicted octanol–water partition coefficient (Wildman–Crippen LogP) is 2.45. The van der Waals surface area contributed by atoms with Gasteiger partial charge in [-0.3, -0.25) is 0 Å². The van der Waals surface area contributed by atoms with Crippen LogP contribution in [0.5, 0.6) is 0 Å². The van der Waals surface area contributed by atoms with Crippen molar-refractivity contribution in [3.63, 3.8) is 0 Å². The van der Waals surface area contributed by atoms with Crippen LogP contribution in [0.25, 0.3) is 0 Å². The highest BCUT2D eigenvalue weighted by Gasteiger charge is 2.96. The van der Waals surface area contributed by atoms with E-state index in [1.807, 2.05) is 0 Å². The first kappa shape index (κ1) is 16.5. The third-order valence-electron chi connectivity index (χ3n) is 2.46. The maximum atomic E-state index is 13.1. The van der Waals surface area contributed by atoms with Crippen LogP contribution in [0, 0.1) is 5.41 Å². The van der Waals surface area contributed by atoms with Gasteiger partial charge in [-0.15, -0.1) is 0 Å². The molecule has 0 atom stereocenters. The molecule has 0 N–H and O–H groups in total. The molecule has 1 aliphatic heterocycles. The zero-order chi connectivity index (χ0) is 16.4. The normalized spacial score (nSPS) is 25.3. The summed E-state index contributed by atoms with van der Waals surface area (Å²) in [5.41, 5.74) is -6.84. The number of carbonyl (C=O) groups excluding carboxylic acids is 2. The number of ether oxygens (including phenoxy) is 1. The van der Waals surface area contributed by atoms with Gasteiger partial charge in [-0.25, -0.2) is 9.59 Å². The van der Waals surface area contributed by atoms with Gasteiger partial charge in [0.15, 0.2) is 0 Å². The van der Waals surface area contributed by atoms with Gasteiger partial charge in [-0.05, 0) is 0 Å². The van der Waals surface area contributed by atoms with Crippen molar-refractivity contribution in [2.24, 2.45) is 5.41 Å². The van der Waals surface area contributed by atoms with E-state index < -0.39 is 41.6 Å². The van der Waals surface area contributed by atoms with E-state index in [0.717, 1.165) is 0 Å². The summed E-state index contributed by atoms with van der Waals surface area (Å²) in [4.78, 5) is 20.9. The Morgan fingerprint density at radius 3 is 1.40 bits per heavy atom. The molecular weight excluding hydrogens is 322 g/mol. The largest absolute Gasteiger partial charge is 0.420 e. The molecule has 0 aromatic carbocycles. The lowest BCUT2D eigenvalue weighted by atomic mass is 9.74. The predicted molar refractivity (Wildman–Crippen MR) is 35.5 cm³/mol. The molecule has 0 radical (unpaired) electrons. The van der Waals surface area contributed by atoms with Crippen LogP contribution in [0.15, 0.2) is 0 Å². The van der Waals surface area contributed by atoms with E-state index in [-0.39, 0.29) is 0 Å². The summed E-state index contributed by atoms with van der Waals surface area (Å²) in [6, 6.07) is 0. The van der Waals surface area contributed by atoms with Crippen molar-refractivity contribution in [3.8, 4) is 0 Å². The van der Waals surface area contributed by atoms with Crippen molar-refractivity contribution >= 4 is 11.9 Å². The monoisotopic (exact) mass is 322 g/mol. The van der Waals surface area contributed by atoms with E-state index in [1.165, 1.54) is 0 Å². The molecule has 0 aliphatic carbocycles. The van der Waals surface area contributed by atoms with Crippen molar-refractivity contribution in [2.75, 3.05) is 0 Å². The van der Waals surface area contributed by atoms with Crippen LogP contribution in [0.4, 0.5) is 43.9 Å². The van der Waals surface area contributed by atoms with Gasteiger partial charge in [0.2, 0.25) is 0 Å². The smallest absolute Gasteiger partial charge is 0.387 e. The van der Waals surface area contributed by atoms with Crippen LogP contribution in [0.1, 0.15) is 0 Å². The van der Waals surface area contributed by atoms with E-state index in [1.54, 1.807) is 0 Å². The van der Waals surface area contributed by atoms with Gasteiger partial charge < -0.3 is 4.74 Å². The maximum absolute atomic E-state index is 13.1.